The first-order valence-electron chi connectivity index (χ1n) is 6.54. The number of halogens is 1. The van der Waals surface area contributed by atoms with Crippen molar-refractivity contribution >= 4 is 11.8 Å². The fourth-order valence-corrected chi connectivity index (χ4v) is 2.49. The summed E-state index contributed by atoms with van der Waals surface area (Å²) in [6.45, 7) is 0.245. The third kappa shape index (κ3) is 2.21. The summed E-state index contributed by atoms with van der Waals surface area (Å²) in [6, 6.07) is 10.9. The van der Waals surface area contributed by atoms with Crippen LogP contribution >= 0.6 is 0 Å². The van der Waals surface area contributed by atoms with E-state index in [1.54, 1.807) is 30.3 Å². The number of benzene rings is 2. The number of imide groups is 1. The average molecular weight is 284 g/mol. The largest absolute Gasteiger partial charge is 0.326 e. The Morgan fingerprint density at radius 3 is 2.14 bits per heavy atom. The molecular weight excluding hydrogens is 271 g/mol. The van der Waals surface area contributed by atoms with E-state index in [-0.39, 0.29) is 30.7 Å². The second-order valence-corrected chi connectivity index (χ2v) is 4.86. The van der Waals surface area contributed by atoms with Crippen molar-refractivity contribution in [1.29, 1.82) is 0 Å². The zero-order chi connectivity index (χ0) is 15.0. The molecule has 2 N–H and O–H groups in total. The Morgan fingerprint density at radius 2 is 1.57 bits per heavy atom. The van der Waals surface area contributed by atoms with Crippen LogP contribution in [0.2, 0.25) is 0 Å². The SMILES string of the molecule is NCc1cc(F)ccc1CN1C(=O)c2ccccc2C1=O. The second-order valence-electron chi connectivity index (χ2n) is 4.86. The number of hydrogen-bond donors (Lipinski definition) is 1. The normalized spacial score (nSPS) is 13.7. The zero-order valence-electron chi connectivity index (χ0n) is 11.2. The predicted molar refractivity (Wildman–Crippen MR) is 74.9 cm³/mol. The summed E-state index contributed by atoms with van der Waals surface area (Å²) in [5.41, 5.74) is 7.66. The summed E-state index contributed by atoms with van der Waals surface area (Å²) in [6.07, 6.45) is 0. The van der Waals surface area contributed by atoms with Gasteiger partial charge in [-0.1, -0.05) is 18.2 Å². The first-order chi connectivity index (χ1) is 10.1. The first-order valence-corrected chi connectivity index (χ1v) is 6.54. The van der Waals surface area contributed by atoms with E-state index in [9.17, 15) is 14.0 Å². The highest BCUT2D eigenvalue weighted by Crippen LogP contribution is 2.25. The number of nitrogens with zero attached hydrogens (tertiary/aromatic N) is 1. The molecule has 21 heavy (non-hydrogen) atoms. The minimum Gasteiger partial charge on any atom is -0.326 e. The minimum absolute atomic E-state index is 0.0964. The van der Waals surface area contributed by atoms with E-state index < -0.39 is 0 Å². The molecule has 0 aromatic heterocycles. The highest BCUT2D eigenvalue weighted by molar-refractivity contribution is 6.21. The van der Waals surface area contributed by atoms with Crippen molar-refractivity contribution in [3.05, 3.63) is 70.5 Å². The average Bonchev–Trinajstić information content (AvgIpc) is 2.74. The summed E-state index contributed by atoms with van der Waals surface area (Å²) in [5.74, 6) is -1.05. The third-order valence-electron chi connectivity index (χ3n) is 3.59. The molecule has 0 saturated carbocycles. The van der Waals surface area contributed by atoms with E-state index in [1.807, 2.05) is 0 Å². The molecule has 3 rings (SSSR count). The number of rotatable bonds is 3. The number of nitrogens with two attached hydrogens (primary N) is 1. The van der Waals surface area contributed by atoms with Gasteiger partial charge in [0.05, 0.1) is 17.7 Å². The van der Waals surface area contributed by atoms with Crippen molar-refractivity contribution in [1.82, 2.24) is 4.90 Å². The maximum Gasteiger partial charge on any atom is 0.261 e. The topological polar surface area (TPSA) is 63.4 Å². The standard InChI is InChI=1S/C16H13FN2O2/c17-12-6-5-10(11(7-12)8-18)9-19-15(20)13-3-1-2-4-14(13)16(19)21/h1-7H,8-9,18H2. The highest BCUT2D eigenvalue weighted by atomic mass is 19.1. The fourth-order valence-electron chi connectivity index (χ4n) is 2.49. The molecule has 2 aromatic carbocycles. The van der Waals surface area contributed by atoms with Crippen LogP contribution in [0.3, 0.4) is 0 Å². The van der Waals surface area contributed by atoms with Gasteiger partial charge >= 0.3 is 0 Å². The first kappa shape index (κ1) is 13.5. The number of carbonyl (C=O) groups excluding carboxylic acids is 2. The lowest BCUT2D eigenvalue weighted by Crippen LogP contribution is -2.29. The van der Waals surface area contributed by atoms with Crippen LogP contribution in [0.5, 0.6) is 0 Å². The number of carbonyl (C=O) groups is 2. The molecular formula is C16H13FN2O2. The highest BCUT2D eigenvalue weighted by Gasteiger charge is 2.35. The Morgan fingerprint density at radius 1 is 0.952 bits per heavy atom. The van der Waals surface area contributed by atoms with Gasteiger partial charge in [-0.15, -0.1) is 0 Å². The van der Waals surface area contributed by atoms with Gasteiger partial charge in [0.15, 0.2) is 0 Å². The Labute approximate surface area is 121 Å². The van der Waals surface area contributed by atoms with Gasteiger partial charge < -0.3 is 5.73 Å². The number of amides is 2. The van der Waals surface area contributed by atoms with Crippen LogP contribution in [0.1, 0.15) is 31.8 Å². The van der Waals surface area contributed by atoms with Crippen LogP contribution in [-0.2, 0) is 13.1 Å². The minimum atomic E-state index is -0.387. The summed E-state index contributed by atoms with van der Waals surface area (Å²) in [7, 11) is 0. The van der Waals surface area contributed by atoms with Gasteiger partial charge in [-0.25, -0.2) is 4.39 Å². The molecule has 1 aliphatic rings. The molecule has 1 heterocycles. The monoisotopic (exact) mass is 284 g/mol. The molecule has 4 nitrogen and oxygen atoms in total. The maximum absolute atomic E-state index is 13.2. The molecule has 0 spiro atoms. The van der Waals surface area contributed by atoms with Gasteiger partial charge in [0.25, 0.3) is 11.8 Å². The van der Waals surface area contributed by atoms with Gasteiger partial charge in [0.2, 0.25) is 0 Å². The maximum atomic E-state index is 13.2. The molecule has 0 saturated heterocycles. The van der Waals surface area contributed by atoms with Crippen LogP contribution < -0.4 is 5.73 Å². The third-order valence-corrected chi connectivity index (χ3v) is 3.59. The van der Waals surface area contributed by atoms with Crippen molar-refractivity contribution in [3.63, 3.8) is 0 Å². The van der Waals surface area contributed by atoms with Crippen molar-refractivity contribution in [2.24, 2.45) is 5.73 Å². The molecule has 0 atom stereocenters. The number of fused-ring (bicyclic) bond motifs is 1. The van der Waals surface area contributed by atoms with Gasteiger partial charge in [-0.2, -0.15) is 0 Å². The van der Waals surface area contributed by atoms with Crippen molar-refractivity contribution in [2.45, 2.75) is 13.1 Å². The van der Waals surface area contributed by atoms with Crippen LogP contribution in [0, 0.1) is 5.82 Å². The Bertz CT molecular complexity index is 708. The summed E-state index contributed by atoms with van der Waals surface area (Å²) >= 11 is 0. The molecule has 0 bridgehead atoms. The molecule has 106 valence electrons. The molecule has 2 aromatic rings. The predicted octanol–water partition coefficient (Wildman–Crippen LogP) is 2.08. The van der Waals surface area contributed by atoms with E-state index in [1.165, 1.54) is 12.1 Å². The summed E-state index contributed by atoms with van der Waals surface area (Å²) in [4.78, 5) is 25.7. The number of hydrogen-bond acceptors (Lipinski definition) is 3. The quantitative estimate of drug-likeness (QED) is 0.878. The van der Waals surface area contributed by atoms with Gasteiger partial charge in [0, 0.05) is 6.54 Å². The van der Waals surface area contributed by atoms with E-state index >= 15 is 0 Å². The van der Waals surface area contributed by atoms with Crippen molar-refractivity contribution in [2.75, 3.05) is 0 Å². The van der Waals surface area contributed by atoms with Crippen LogP contribution in [-0.4, -0.2) is 16.7 Å². The molecule has 2 amide bonds. The Balaban J connectivity index is 1.94. The van der Waals surface area contributed by atoms with Crippen molar-refractivity contribution < 1.29 is 14.0 Å². The summed E-state index contributed by atoms with van der Waals surface area (Å²) < 4.78 is 13.2. The molecule has 0 unspecified atom stereocenters. The lowest BCUT2D eigenvalue weighted by Gasteiger charge is -2.16. The Hall–Kier alpha value is -2.53. The molecule has 1 aliphatic heterocycles. The van der Waals surface area contributed by atoms with Gasteiger partial charge in [0.1, 0.15) is 5.82 Å². The zero-order valence-corrected chi connectivity index (χ0v) is 11.2. The van der Waals surface area contributed by atoms with E-state index in [0.29, 0.717) is 22.3 Å². The summed E-state index contributed by atoms with van der Waals surface area (Å²) in [5, 5.41) is 0. The van der Waals surface area contributed by atoms with E-state index in [2.05, 4.69) is 0 Å². The Kier molecular flexibility index (Phi) is 3.27. The molecule has 0 fully saturated rings. The van der Waals surface area contributed by atoms with Crippen LogP contribution in [0.4, 0.5) is 4.39 Å². The van der Waals surface area contributed by atoms with E-state index in [0.717, 1.165) is 4.90 Å². The fraction of sp³-hybridized carbons (Fsp3) is 0.125. The van der Waals surface area contributed by atoms with Crippen LogP contribution in [0.25, 0.3) is 0 Å². The van der Waals surface area contributed by atoms with Gasteiger partial charge in [-0.3, -0.25) is 14.5 Å². The van der Waals surface area contributed by atoms with Crippen molar-refractivity contribution in [3.8, 4) is 0 Å². The molecule has 5 heteroatoms. The smallest absolute Gasteiger partial charge is 0.261 e. The van der Waals surface area contributed by atoms with Crippen LogP contribution in [0.15, 0.2) is 42.5 Å². The molecule has 0 aliphatic carbocycles. The lowest BCUT2D eigenvalue weighted by molar-refractivity contribution is 0.0642. The second kappa shape index (κ2) is 5.10. The lowest BCUT2D eigenvalue weighted by atomic mass is 10.1. The van der Waals surface area contributed by atoms with Gasteiger partial charge in [-0.05, 0) is 35.4 Å². The van der Waals surface area contributed by atoms with E-state index in [4.69, 9.17) is 5.73 Å². The molecule has 0 radical (unpaired) electrons.